The number of hydrogen-bond donors (Lipinski definition) is 2. The maximum Gasteiger partial charge on any atom is 0.226 e. The standard InChI is InChI=1S/C24H25N5O2.HI/c1-3-25-24(27-13-20-16-30-23(29-20)19-7-5-4-6-8-19)28-15-22-26-14-21(31-22)18-11-9-17(2)10-12-18;/h4-12,14,16H,3,13,15H2,1-2H3,(H2,25,27,28);1H. The van der Waals surface area contributed by atoms with E-state index in [1.54, 1.807) is 12.5 Å². The van der Waals surface area contributed by atoms with Gasteiger partial charge >= 0.3 is 0 Å². The van der Waals surface area contributed by atoms with Crippen molar-refractivity contribution in [3.05, 3.63) is 84.2 Å². The summed E-state index contributed by atoms with van der Waals surface area (Å²) in [4.78, 5) is 13.5. The molecule has 166 valence electrons. The summed E-state index contributed by atoms with van der Waals surface area (Å²) >= 11 is 0. The molecule has 0 fully saturated rings. The largest absolute Gasteiger partial charge is 0.444 e. The van der Waals surface area contributed by atoms with Gasteiger partial charge in [-0.25, -0.2) is 15.0 Å². The first-order valence-electron chi connectivity index (χ1n) is 10.2. The van der Waals surface area contributed by atoms with E-state index in [0.29, 0.717) is 30.8 Å². The first-order valence-corrected chi connectivity index (χ1v) is 10.2. The highest BCUT2D eigenvalue weighted by Crippen LogP contribution is 2.21. The molecule has 0 saturated heterocycles. The molecule has 0 unspecified atom stereocenters. The second kappa shape index (κ2) is 11.5. The first kappa shape index (κ1) is 23.5. The Bertz CT molecular complexity index is 1140. The SMILES string of the molecule is CCNC(=NCc1coc(-c2ccccc2)n1)NCc1ncc(-c2ccc(C)cc2)o1.I. The second-order valence-corrected chi connectivity index (χ2v) is 7.04. The van der Waals surface area contributed by atoms with E-state index in [1.165, 1.54) is 5.56 Å². The summed E-state index contributed by atoms with van der Waals surface area (Å²) in [6.45, 7) is 5.63. The molecule has 32 heavy (non-hydrogen) atoms. The van der Waals surface area contributed by atoms with Crippen molar-refractivity contribution in [1.29, 1.82) is 0 Å². The molecule has 0 amide bonds. The van der Waals surface area contributed by atoms with Crippen molar-refractivity contribution >= 4 is 29.9 Å². The smallest absolute Gasteiger partial charge is 0.226 e. The molecule has 0 atom stereocenters. The zero-order chi connectivity index (χ0) is 21.5. The van der Waals surface area contributed by atoms with Gasteiger partial charge in [-0.15, -0.1) is 24.0 Å². The molecule has 4 aromatic rings. The van der Waals surface area contributed by atoms with Crippen LogP contribution in [0.1, 0.15) is 24.1 Å². The Morgan fingerprint density at radius 3 is 2.53 bits per heavy atom. The Morgan fingerprint density at radius 1 is 1.00 bits per heavy atom. The summed E-state index contributed by atoms with van der Waals surface area (Å²) in [5.74, 6) is 2.58. The summed E-state index contributed by atoms with van der Waals surface area (Å²) in [7, 11) is 0. The van der Waals surface area contributed by atoms with Crippen LogP contribution in [-0.4, -0.2) is 22.5 Å². The molecule has 0 bridgehead atoms. The van der Waals surface area contributed by atoms with E-state index in [1.807, 2.05) is 49.4 Å². The van der Waals surface area contributed by atoms with Crippen molar-refractivity contribution in [3.8, 4) is 22.8 Å². The highest BCUT2D eigenvalue weighted by molar-refractivity contribution is 14.0. The Hall–Kier alpha value is -3.14. The molecule has 8 heteroatoms. The van der Waals surface area contributed by atoms with Gasteiger partial charge in [-0.2, -0.15) is 0 Å². The molecule has 4 rings (SSSR count). The minimum atomic E-state index is 0. The molecular weight excluding hydrogens is 517 g/mol. The number of oxazole rings is 2. The second-order valence-electron chi connectivity index (χ2n) is 7.04. The zero-order valence-corrected chi connectivity index (χ0v) is 20.4. The highest BCUT2D eigenvalue weighted by Gasteiger charge is 2.09. The van der Waals surface area contributed by atoms with Gasteiger partial charge in [0.2, 0.25) is 11.8 Å². The normalized spacial score (nSPS) is 11.1. The maximum atomic E-state index is 5.87. The van der Waals surface area contributed by atoms with Gasteiger partial charge in [-0.3, -0.25) is 0 Å². The molecule has 0 aliphatic rings. The molecular formula is C24H26IN5O2. The van der Waals surface area contributed by atoms with Gasteiger partial charge in [0.25, 0.3) is 0 Å². The fourth-order valence-corrected chi connectivity index (χ4v) is 3.00. The number of aromatic nitrogens is 2. The number of halogens is 1. The van der Waals surface area contributed by atoms with E-state index < -0.39 is 0 Å². The predicted molar refractivity (Wildman–Crippen MR) is 136 cm³/mol. The number of hydrogen-bond acceptors (Lipinski definition) is 5. The first-order chi connectivity index (χ1) is 15.2. The van der Waals surface area contributed by atoms with Crippen LogP contribution in [0.5, 0.6) is 0 Å². The summed E-state index contributed by atoms with van der Waals surface area (Å²) < 4.78 is 11.4. The van der Waals surface area contributed by atoms with Crippen molar-refractivity contribution in [3.63, 3.8) is 0 Å². The fraction of sp³-hybridized carbons (Fsp3) is 0.208. The monoisotopic (exact) mass is 543 g/mol. The molecule has 0 spiro atoms. The van der Waals surface area contributed by atoms with Gasteiger partial charge in [0, 0.05) is 17.7 Å². The average Bonchev–Trinajstić information content (AvgIpc) is 3.47. The maximum absolute atomic E-state index is 5.87. The van der Waals surface area contributed by atoms with Crippen molar-refractivity contribution in [2.75, 3.05) is 6.54 Å². The Labute approximate surface area is 204 Å². The van der Waals surface area contributed by atoms with Crippen molar-refractivity contribution in [2.45, 2.75) is 26.9 Å². The number of rotatable bonds is 7. The Kier molecular flexibility index (Phi) is 8.43. The van der Waals surface area contributed by atoms with E-state index in [0.717, 1.165) is 29.1 Å². The van der Waals surface area contributed by atoms with Crippen LogP contribution >= 0.6 is 24.0 Å². The molecule has 2 aromatic heterocycles. The highest BCUT2D eigenvalue weighted by atomic mass is 127. The van der Waals surface area contributed by atoms with Crippen molar-refractivity contribution in [1.82, 2.24) is 20.6 Å². The molecule has 2 N–H and O–H groups in total. The lowest BCUT2D eigenvalue weighted by Crippen LogP contribution is -2.36. The molecule has 2 aromatic carbocycles. The van der Waals surface area contributed by atoms with E-state index >= 15 is 0 Å². The van der Waals surface area contributed by atoms with E-state index in [2.05, 4.69) is 44.7 Å². The molecule has 0 aliphatic carbocycles. The van der Waals surface area contributed by atoms with E-state index in [-0.39, 0.29) is 24.0 Å². The van der Waals surface area contributed by atoms with Gasteiger partial charge < -0.3 is 19.5 Å². The Balaban J connectivity index is 0.00000289. The summed E-state index contributed by atoms with van der Waals surface area (Å²) in [6.07, 6.45) is 3.38. The lowest BCUT2D eigenvalue weighted by atomic mass is 10.1. The van der Waals surface area contributed by atoms with Gasteiger partial charge in [-0.1, -0.05) is 48.0 Å². The molecule has 7 nitrogen and oxygen atoms in total. The number of benzene rings is 2. The van der Waals surface area contributed by atoms with Crippen LogP contribution in [-0.2, 0) is 13.1 Å². The van der Waals surface area contributed by atoms with Crippen LogP contribution in [0.25, 0.3) is 22.8 Å². The van der Waals surface area contributed by atoms with Gasteiger partial charge in [0.15, 0.2) is 11.7 Å². The number of nitrogens with one attached hydrogen (secondary N) is 2. The fourth-order valence-electron chi connectivity index (χ4n) is 3.00. The molecule has 0 saturated carbocycles. The Morgan fingerprint density at radius 2 is 1.78 bits per heavy atom. The van der Waals surface area contributed by atoms with Crippen LogP contribution in [0.3, 0.4) is 0 Å². The third kappa shape index (κ3) is 6.19. The number of aliphatic imine (C=N–C) groups is 1. The topological polar surface area (TPSA) is 88.5 Å². The minimum absolute atomic E-state index is 0. The van der Waals surface area contributed by atoms with Crippen LogP contribution < -0.4 is 10.6 Å². The summed E-state index contributed by atoms with van der Waals surface area (Å²) in [5, 5.41) is 6.46. The molecule has 0 aliphatic heterocycles. The van der Waals surface area contributed by atoms with Crippen molar-refractivity contribution in [2.24, 2.45) is 4.99 Å². The summed E-state index contributed by atoms with van der Waals surface area (Å²) in [6, 6.07) is 18.0. The minimum Gasteiger partial charge on any atom is -0.444 e. The third-order valence-corrected chi connectivity index (χ3v) is 4.61. The lowest BCUT2D eigenvalue weighted by molar-refractivity contribution is 0.497. The average molecular weight is 543 g/mol. The van der Waals surface area contributed by atoms with Crippen LogP contribution in [0.2, 0.25) is 0 Å². The summed E-state index contributed by atoms with van der Waals surface area (Å²) in [5.41, 5.74) is 3.91. The van der Waals surface area contributed by atoms with Crippen LogP contribution in [0, 0.1) is 6.92 Å². The van der Waals surface area contributed by atoms with Gasteiger partial charge in [-0.05, 0) is 26.0 Å². The van der Waals surface area contributed by atoms with E-state index in [9.17, 15) is 0 Å². The zero-order valence-electron chi connectivity index (χ0n) is 18.0. The van der Waals surface area contributed by atoms with E-state index in [4.69, 9.17) is 8.83 Å². The van der Waals surface area contributed by atoms with Crippen LogP contribution in [0.15, 0.2) is 80.9 Å². The molecule has 2 heterocycles. The molecule has 0 radical (unpaired) electrons. The lowest BCUT2D eigenvalue weighted by Gasteiger charge is -2.09. The van der Waals surface area contributed by atoms with Crippen LogP contribution in [0.4, 0.5) is 0 Å². The third-order valence-electron chi connectivity index (χ3n) is 4.61. The number of aryl methyl sites for hydroxylation is 1. The van der Waals surface area contributed by atoms with Crippen molar-refractivity contribution < 1.29 is 8.83 Å². The number of guanidine groups is 1. The number of nitrogens with zero attached hydrogens (tertiary/aromatic N) is 3. The van der Waals surface area contributed by atoms with Gasteiger partial charge in [0.1, 0.15) is 12.0 Å². The predicted octanol–water partition coefficient (Wildman–Crippen LogP) is 5.18. The van der Waals surface area contributed by atoms with Gasteiger partial charge in [0.05, 0.1) is 19.3 Å². The quantitative estimate of drug-likeness (QED) is 0.190.